The SMILES string of the molecule is O=S(=O)(c1cccc(Br)c1)C1CCN(c2nc(Cc3cc(F)cc(Cl)c3)cs2)CC1. The van der Waals surface area contributed by atoms with Gasteiger partial charge in [0.05, 0.1) is 15.8 Å². The second-order valence-electron chi connectivity index (χ2n) is 7.26. The van der Waals surface area contributed by atoms with Crippen LogP contribution in [0.3, 0.4) is 0 Å². The van der Waals surface area contributed by atoms with Crippen LogP contribution in [0.25, 0.3) is 0 Å². The summed E-state index contributed by atoms with van der Waals surface area (Å²) in [6.07, 6.45) is 1.62. The summed E-state index contributed by atoms with van der Waals surface area (Å²) in [5.74, 6) is -0.360. The number of hydrogen-bond acceptors (Lipinski definition) is 5. The molecule has 2 aromatic carbocycles. The van der Waals surface area contributed by atoms with Gasteiger partial charge >= 0.3 is 0 Å². The molecule has 4 nitrogen and oxygen atoms in total. The summed E-state index contributed by atoms with van der Waals surface area (Å²) in [4.78, 5) is 7.16. The summed E-state index contributed by atoms with van der Waals surface area (Å²) in [7, 11) is -3.36. The minimum Gasteiger partial charge on any atom is -0.348 e. The zero-order valence-corrected chi connectivity index (χ0v) is 19.9. The first-order chi connectivity index (χ1) is 14.3. The molecule has 1 aromatic heterocycles. The predicted molar refractivity (Wildman–Crippen MR) is 123 cm³/mol. The van der Waals surface area contributed by atoms with Crippen molar-refractivity contribution in [3.63, 3.8) is 0 Å². The maximum absolute atomic E-state index is 13.5. The number of aromatic nitrogens is 1. The minimum atomic E-state index is -3.36. The van der Waals surface area contributed by atoms with Crippen molar-refractivity contribution in [2.24, 2.45) is 0 Å². The Hall–Kier alpha value is -1.48. The standard InChI is InChI=1S/C21H19BrClFN2O2S2/c22-15-2-1-3-20(11-15)30(27,28)19-4-6-26(7-5-19)21-25-18(13-29-21)10-14-8-16(23)12-17(24)9-14/h1-3,8-9,11-13,19H,4-7,10H2. The van der Waals surface area contributed by atoms with Crippen LogP contribution in [0.15, 0.2) is 57.2 Å². The number of sulfone groups is 1. The maximum Gasteiger partial charge on any atom is 0.185 e. The lowest BCUT2D eigenvalue weighted by Crippen LogP contribution is -2.39. The van der Waals surface area contributed by atoms with Crippen LogP contribution in [0.5, 0.6) is 0 Å². The molecule has 0 atom stereocenters. The molecule has 2 heterocycles. The number of thiazole rings is 1. The fraction of sp³-hybridized carbons (Fsp3) is 0.286. The number of rotatable bonds is 5. The summed E-state index contributed by atoms with van der Waals surface area (Å²) in [6.45, 7) is 1.27. The molecular weight excluding hydrogens is 511 g/mol. The molecular formula is C21H19BrClFN2O2S2. The molecule has 1 aliphatic heterocycles. The average molecular weight is 530 g/mol. The molecule has 1 fully saturated rings. The zero-order valence-electron chi connectivity index (χ0n) is 15.9. The lowest BCUT2D eigenvalue weighted by Gasteiger charge is -2.31. The average Bonchev–Trinajstić information content (AvgIpc) is 3.16. The first-order valence-electron chi connectivity index (χ1n) is 9.45. The number of piperidine rings is 1. The van der Waals surface area contributed by atoms with Gasteiger partial charge in [0.1, 0.15) is 5.82 Å². The van der Waals surface area contributed by atoms with Crippen molar-refractivity contribution in [1.29, 1.82) is 0 Å². The van der Waals surface area contributed by atoms with Gasteiger partial charge in [0.2, 0.25) is 0 Å². The van der Waals surface area contributed by atoms with Crippen molar-refractivity contribution >= 4 is 53.8 Å². The lowest BCUT2D eigenvalue weighted by molar-refractivity contribution is 0.529. The molecule has 0 saturated carbocycles. The molecule has 0 aliphatic carbocycles. The molecule has 30 heavy (non-hydrogen) atoms. The van der Waals surface area contributed by atoms with Crippen molar-refractivity contribution < 1.29 is 12.8 Å². The van der Waals surface area contributed by atoms with E-state index in [1.54, 1.807) is 24.3 Å². The van der Waals surface area contributed by atoms with Gasteiger partial charge in [0, 0.05) is 34.4 Å². The topological polar surface area (TPSA) is 50.3 Å². The van der Waals surface area contributed by atoms with E-state index >= 15 is 0 Å². The number of anilines is 1. The van der Waals surface area contributed by atoms with Gasteiger partial charge in [0.15, 0.2) is 15.0 Å². The van der Waals surface area contributed by atoms with E-state index in [0.29, 0.717) is 42.3 Å². The highest BCUT2D eigenvalue weighted by Crippen LogP contribution is 2.30. The largest absolute Gasteiger partial charge is 0.348 e. The quantitative estimate of drug-likeness (QED) is 0.423. The van der Waals surface area contributed by atoms with Crippen LogP contribution in [0.1, 0.15) is 24.1 Å². The van der Waals surface area contributed by atoms with Crippen LogP contribution in [-0.2, 0) is 16.3 Å². The van der Waals surface area contributed by atoms with E-state index < -0.39 is 15.1 Å². The zero-order chi connectivity index (χ0) is 21.3. The Kier molecular flexibility index (Phi) is 6.48. The molecule has 1 saturated heterocycles. The Labute approximate surface area is 192 Å². The smallest absolute Gasteiger partial charge is 0.185 e. The summed E-state index contributed by atoms with van der Waals surface area (Å²) in [5.41, 5.74) is 1.62. The van der Waals surface area contributed by atoms with E-state index in [9.17, 15) is 12.8 Å². The molecule has 0 unspecified atom stereocenters. The monoisotopic (exact) mass is 528 g/mol. The number of halogens is 3. The molecule has 3 aromatic rings. The molecule has 0 bridgehead atoms. The van der Waals surface area contributed by atoms with Gasteiger partial charge < -0.3 is 4.90 Å². The maximum atomic E-state index is 13.5. The summed E-state index contributed by atoms with van der Waals surface area (Å²) < 4.78 is 40.2. The van der Waals surface area contributed by atoms with E-state index in [1.165, 1.54) is 23.5 Å². The molecule has 158 valence electrons. The van der Waals surface area contributed by atoms with Gasteiger partial charge in [-0.3, -0.25) is 0 Å². The van der Waals surface area contributed by atoms with E-state index in [2.05, 4.69) is 25.8 Å². The van der Waals surface area contributed by atoms with Crippen LogP contribution in [-0.4, -0.2) is 31.7 Å². The van der Waals surface area contributed by atoms with E-state index in [1.807, 2.05) is 11.4 Å². The highest BCUT2D eigenvalue weighted by molar-refractivity contribution is 9.10. The predicted octanol–water partition coefficient (Wildman–Crippen LogP) is 5.73. The van der Waals surface area contributed by atoms with E-state index in [0.717, 1.165) is 20.9 Å². The lowest BCUT2D eigenvalue weighted by atomic mass is 10.1. The van der Waals surface area contributed by atoms with E-state index in [4.69, 9.17) is 11.6 Å². The Morgan fingerprint density at radius 1 is 1.20 bits per heavy atom. The Bertz CT molecular complexity index is 1140. The van der Waals surface area contributed by atoms with Crippen molar-refractivity contribution in [2.75, 3.05) is 18.0 Å². The van der Waals surface area contributed by atoms with Crippen LogP contribution in [0.2, 0.25) is 5.02 Å². The normalized spacial score (nSPS) is 15.5. The Morgan fingerprint density at radius 2 is 1.97 bits per heavy atom. The first kappa shape index (κ1) is 21.7. The van der Waals surface area contributed by atoms with Crippen molar-refractivity contribution in [3.05, 3.63) is 74.4 Å². The second-order valence-corrected chi connectivity index (χ2v) is 11.7. The summed E-state index contributed by atoms with van der Waals surface area (Å²) >= 11 is 10.8. The summed E-state index contributed by atoms with van der Waals surface area (Å²) in [5, 5.41) is 2.80. The van der Waals surface area contributed by atoms with Crippen molar-refractivity contribution in [3.8, 4) is 0 Å². The highest BCUT2D eigenvalue weighted by atomic mass is 79.9. The van der Waals surface area contributed by atoms with E-state index in [-0.39, 0.29) is 5.82 Å². The third-order valence-corrected chi connectivity index (χ3v) is 9.04. The fourth-order valence-corrected chi connectivity index (χ4v) is 7.09. The van der Waals surface area contributed by atoms with Crippen molar-refractivity contribution in [2.45, 2.75) is 29.4 Å². The van der Waals surface area contributed by atoms with Crippen LogP contribution < -0.4 is 4.90 Å². The van der Waals surface area contributed by atoms with Crippen LogP contribution in [0, 0.1) is 5.82 Å². The van der Waals surface area contributed by atoms with Gasteiger partial charge in [-0.1, -0.05) is 33.6 Å². The first-order valence-corrected chi connectivity index (χ1v) is 13.0. The highest BCUT2D eigenvalue weighted by Gasteiger charge is 2.32. The third kappa shape index (κ3) is 4.88. The van der Waals surface area contributed by atoms with Gasteiger partial charge in [-0.2, -0.15) is 0 Å². The third-order valence-electron chi connectivity index (χ3n) is 5.12. The Balaban J connectivity index is 1.41. The molecule has 1 aliphatic rings. The Morgan fingerprint density at radius 3 is 2.67 bits per heavy atom. The van der Waals surface area contributed by atoms with Gasteiger partial charge in [-0.05, 0) is 54.8 Å². The fourth-order valence-electron chi connectivity index (χ4n) is 3.64. The molecule has 9 heteroatoms. The van der Waals surface area contributed by atoms with Gasteiger partial charge in [0.25, 0.3) is 0 Å². The van der Waals surface area contributed by atoms with Gasteiger partial charge in [-0.15, -0.1) is 11.3 Å². The number of hydrogen-bond donors (Lipinski definition) is 0. The number of nitrogens with zero attached hydrogens (tertiary/aromatic N) is 2. The van der Waals surface area contributed by atoms with Crippen LogP contribution >= 0.6 is 38.9 Å². The summed E-state index contributed by atoms with van der Waals surface area (Å²) in [6, 6.07) is 11.4. The number of benzene rings is 2. The van der Waals surface area contributed by atoms with Crippen molar-refractivity contribution in [1.82, 2.24) is 4.98 Å². The molecule has 0 spiro atoms. The molecule has 0 N–H and O–H groups in total. The van der Waals surface area contributed by atoms with Gasteiger partial charge in [-0.25, -0.2) is 17.8 Å². The second kappa shape index (κ2) is 8.94. The molecule has 4 rings (SSSR count). The molecule has 0 amide bonds. The minimum absolute atomic E-state index is 0.360. The van der Waals surface area contributed by atoms with Crippen LogP contribution in [0.4, 0.5) is 9.52 Å². The molecule has 0 radical (unpaired) electrons.